The van der Waals surface area contributed by atoms with Gasteiger partial charge in [0, 0.05) is 11.8 Å². The maximum Gasteiger partial charge on any atom is 0.221 e. The van der Waals surface area contributed by atoms with Crippen LogP contribution in [0.15, 0.2) is 0 Å². The molecule has 1 atom stereocenters. The number of carbonyl (C=O) groups excluding carboxylic acids is 1. The van der Waals surface area contributed by atoms with E-state index in [2.05, 4.69) is 18.3 Å². The molecule has 0 aromatic carbocycles. The van der Waals surface area contributed by atoms with Crippen molar-refractivity contribution in [2.24, 2.45) is 5.92 Å². The monoisotopic (exact) mass is 234 g/mol. The Kier molecular flexibility index (Phi) is 2.97. The third-order valence-corrected chi connectivity index (χ3v) is 4.12. The number of fused-ring (bicyclic) bond motifs is 1. The number of thiophene rings is 1. The Hall–Kier alpha value is -1.34. The second-order valence-electron chi connectivity index (χ2n) is 4.35. The summed E-state index contributed by atoms with van der Waals surface area (Å²) >= 11 is 1.56. The van der Waals surface area contributed by atoms with Crippen molar-refractivity contribution in [3.63, 3.8) is 0 Å². The molecule has 16 heavy (non-hydrogen) atoms. The van der Waals surface area contributed by atoms with E-state index in [1.165, 1.54) is 18.2 Å². The van der Waals surface area contributed by atoms with Gasteiger partial charge >= 0.3 is 0 Å². The average Bonchev–Trinajstić information content (AvgIpc) is 2.53. The summed E-state index contributed by atoms with van der Waals surface area (Å²) in [5, 5.41) is 12.7. The first-order valence-corrected chi connectivity index (χ1v) is 6.25. The SMILES string of the molecule is CC(=O)Nc1sc2c(c1C#N)C[C@@H](C)CC2. The summed E-state index contributed by atoms with van der Waals surface area (Å²) in [7, 11) is 0. The predicted molar refractivity (Wildman–Crippen MR) is 64.5 cm³/mol. The Bertz CT molecular complexity index is 470. The van der Waals surface area contributed by atoms with Crippen LogP contribution in [0.25, 0.3) is 0 Å². The second kappa shape index (κ2) is 4.26. The number of nitriles is 1. The van der Waals surface area contributed by atoms with E-state index in [9.17, 15) is 4.79 Å². The third kappa shape index (κ3) is 1.96. The minimum Gasteiger partial charge on any atom is -0.317 e. The van der Waals surface area contributed by atoms with E-state index in [1.54, 1.807) is 11.3 Å². The lowest BCUT2D eigenvalue weighted by molar-refractivity contribution is -0.114. The number of hydrogen-bond donors (Lipinski definition) is 1. The van der Waals surface area contributed by atoms with E-state index >= 15 is 0 Å². The van der Waals surface area contributed by atoms with Crippen LogP contribution in [-0.4, -0.2) is 5.91 Å². The number of hydrogen-bond acceptors (Lipinski definition) is 3. The number of anilines is 1. The van der Waals surface area contributed by atoms with Gasteiger partial charge in [-0.1, -0.05) is 6.92 Å². The molecule has 1 aromatic rings. The first-order valence-electron chi connectivity index (χ1n) is 5.44. The van der Waals surface area contributed by atoms with Crippen molar-refractivity contribution in [3.8, 4) is 6.07 Å². The van der Waals surface area contributed by atoms with Gasteiger partial charge in [0.15, 0.2) is 0 Å². The van der Waals surface area contributed by atoms with E-state index in [1.807, 2.05) is 0 Å². The highest BCUT2D eigenvalue weighted by molar-refractivity contribution is 7.16. The predicted octanol–water partition coefficient (Wildman–Crippen LogP) is 2.70. The van der Waals surface area contributed by atoms with Crippen LogP contribution in [0.4, 0.5) is 5.00 Å². The Balaban J connectivity index is 2.42. The fourth-order valence-electron chi connectivity index (χ4n) is 2.12. The molecule has 0 aliphatic heterocycles. The lowest BCUT2D eigenvalue weighted by Crippen LogP contribution is -2.10. The van der Waals surface area contributed by atoms with Crippen molar-refractivity contribution in [1.82, 2.24) is 0 Å². The normalized spacial score (nSPS) is 18.7. The molecule has 1 N–H and O–H groups in total. The van der Waals surface area contributed by atoms with Gasteiger partial charge in [0.05, 0.1) is 5.56 Å². The molecule has 1 amide bonds. The molecule has 1 aliphatic carbocycles. The van der Waals surface area contributed by atoms with Crippen molar-refractivity contribution < 1.29 is 4.79 Å². The minimum absolute atomic E-state index is 0.108. The van der Waals surface area contributed by atoms with Crippen molar-refractivity contribution in [2.45, 2.75) is 33.1 Å². The molecule has 1 heterocycles. The number of carbonyl (C=O) groups is 1. The fourth-order valence-corrected chi connectivity index (χ4v) is 3.36. The summed E-state index contributed by atoms with van der Waals surface area (Å²) in [6, 6.07) is 2.23. The van der Waals surface area contributed by atoms with Crippen molar-refractivity contribution in [2.75, 3.05) is 5.32 Å². The van der Waals surface area contributed by atoms with E-state index in [4.69, 9.17) is 5.26 Å². The van der Waals surface area contributed by atoms with E-state index in [0.29, 0.717) is 11.5 Å². The molecule has 0 saturated carbocycles. The van der Waals surface area contributed by atoms with E-state index < -0.39 is 0 Å². The molecule has 2 rings (SSSR count). The number of aryl methyl sites for hydroxylation is 1. The molecule has 0 unspecified atom stereocenters. The van der Waals surface area contributed by atoms with E-state index in [-0.39, 0.29) is 5.91 Å². The molecule has 84 valence electrons. The molecule has 4 heteroatoms. The highest BCUT2D eigenvalue weighted by Crippen LogP contribution is 2.39. The number of rotatable bonds is 1. The molecule has 0 saturated heterocycles. The molecule has 1 aromatic heterocycles. The van der Waals surface area contributed by atoms with Gasteiger partial charge in [0.25, 0.3) is 0 Å². The van der Waals surface area contributed by atoms with Crippen molar-refractivity contribution in [1.29, 1.82) is 5.26 Å². The van der Waals surface area contributed by atoms with Gasteiger partial charge < -0.3 is 5.32 Å². The number of amides is 1. The first-order chi connectivity index (χ1) is 7.61. The van der Waals surface area contributed by atoms with Crippen molar-refractivity contribution in [3.05, 3.63) is 16.0 Å². The standard InChI is InChI=1S/C12H14N2OS/c1-7-3-4-11-9(5-7)10(6-13)12(16-11)14-8(2)15/h7H,3-5H2,1-2H3,(H,14,15)/t7-/m0/s1. The van der Waals surface area contributed by atoms with Gasteiger partial charge in [-0.15, -0.1) is 11.3 Å². The molecule has 0 spiro atoms. The van der Waals surface area contributed by atoms with Crippen LogP contribution in [0.1, 0.15) is 36.3 Å². The van der Waals surface area contributed by atoms with Crippen LogP contribution in [0.5, 0.6) is 0 Å². The molecule has 0 radical (unpaired) electrons. The Morgan fingerprint density at radius 3 is 3.00 bits per heavy atom. The Morgan fingerprint density at radius 1 is 1.62 bits per heavy atom. The number of nitrogens with one attached hydrogen (secondary N) is 1. The highest BCUT2D eigenvalue weighted by Gasteiger charge is 2.24. The maximum atomic E-state index is 11.0. The van der Waals surface area contributed by atoms with Gasteiger partial charge in [-0.25, -0.2) is 0 Å². The average molecular weight is 234 g/mol. The topological polar surface area (TPSA) is 52.9 Å². The Morgan fingerprint density at radius 2 is 2.38 bits per heavy atom. The van der Waals surface area contributed by atoms with Crippen LogP contribution in [0.2, 0.25) is 0 Å². The highest BCUT2D eigenvalue weighted by atomic mass is 32.1. The van der Waals surface area contributed by atoms with Crippen LogP contribution >= 0.6 is 11.3 Å². The van der Waals surface area contributed by atoms with Gasteiger partial charge in [0.1, 0.15) is 11.1 Å². The maximum absolute atomic E-state index is 11.0. The molecule has 3 nitrogen and oxygen atoms in total. The number of nitrogens with zero attached hydrogens (tertiary/aromatic N) is 1. The smallest absolute Gasteiger partial charge is 0.221 e. The van der Waals surface area contributed by atoms with Gasteiger partial charge in [0.2, 0.25) is 5.91 Å². The first kappa shape index (κ1) is 11.2. The fraction of sp³-hybridized carbons (Fsp3) is 0.500. The zero-order valence-corrected chi connectivity index (χ0v) is 10.3. The van der Waals surface area contributed by atoms with Crippen LogP contribution in [0, 0.1) is 17.2 Å². The molecule has 1 aliphatic rings. The van der Waals surface area contributed by atoms with E-state index in [0.717, 1.165) is 23.4 Å². The Labute approximate surface area is 99.1 Å². The van der Waals surface area contributed by atoms with Crippen LogP contribution < -0.4 is 5.32 Å². The van der Waals surface area contributed by atoms with Gasteiger partial charge in [-0.05, 0) is 30.7 Å². The van der Waals surface area contributed by atoms with Crippen molar-refractivity contribution >= 4 is 22.2 Å². The quantitative estimate of drug-likeness (QED) is 0.812. The summed E-state index contributed by atoms with van der Waals surface area (Å²) in [6.45, 7) is 3.68. The summed E-state index contributed by atoms with van der Waals surface area (Å²) in [5.74, 6) is 0.530. The molecular formula is C12H14N2OS. The third-order valence-electron chi connectivity index (χ3n) is 2.91. The molecular weight excluding hydrogens is 220 g/mol. The molecule has 0 bridgehead atoms. The zero-order chi connectivity index (χ0) is 11.7. The molecule has 0 fully saturated rings. The largest absolute Gasteiger partial charge is 0.317 e. The lowest BCUT2D eigenvalue weighted by atomic mass is 9.88. The zero-order valence-electron chi connectivity index (χ0n) is 9.46. The minimum atomic E-state index is -0.108. The lowest BCUT2D eigenvalue weighted by Gasteiger charge is -2.17. The van der Waals surface area contributed by atoms with Gasteiger partial charge in [-0.2, -0.15) is 5.26 Å². The van der Waals surface area contributed by atoms with Gasteiger partial charge in [-0.3, -0.25) is 4.79 Å². The van der Waals surface area contributed by atoms with Crippen LogP contribution in [-0.2, 0) is 17.6 Å². The summed E-state index contributed by atoms with van der Waals surface area (Å²) in [5.41, 5.74) is 1.84. The summed E-state index contributed by atoms with van der Waals surface area (Å²) < 4.78 is 0. The summed E-state index contributed by atoms with van der Waals surface area (Å²) in [4.78, 5) is 12.3. The van der Waals surface area contributed by atoms with Crippen LogP contribution in [0.3, 0.4) is 0 Å². The summed E-state index contributed by atoms with van der Waals surface area (Å²) in [6.07, 6.45) is 3.18. The second-order valence-corrected chi connectivity index (χ2v) is 5.45.